The summed E-state index contributed by atoms with van der Waals surface area (Å²) in [6, 6.07) is 16.8. The summed E-state index contributed by atoms with van der Waals surface area (Å²) in [5.41, 5.74) is 1.56. The fraction of sp³-hybridized carbons (Fsp3) is 0.292. The minimum absolute atomic E-state index is 0.0704. The van der Waals surface area contributed by atoms with Crippen molar-refractivity contribution in [2.45, 2.75) is 0 Å². The Morgan fingerprint density at radius 1 is 0.862 bits per heavy atom. The molecule has 0 atom stereocenters. The minimum atomic E-state index is -0.0704. The van der Waals surface area contributed by atoms with E-state index in [-0.39, 0.29) is 5.78 Å². The Bertz CT molecular complexity index is 792. The predicted octanol–water partition coefficient (Wildman–Crippen LogP) is 3.64. The lowest BCUT2D eigenvalue weighted by molar-refractivity contribution is 0.0142. The molecule has 0 aliphatic heterocycles. The van der Waals surface area contributed by atoms with Gasteiger partial charge < -0.3 is 18.9 Å². The highest BCUT2D eigenvalue weighted by Gasteiger charge is 2.04. The smallest absolute Gasteiger partial charge is 0.185 e. The van der Waals surface area contributed by atoms with Crippen LogP contribution in [0.25, 0.3) is 6.08 Å². The molecule has 5 heteroatoms. The average molecular weight is 394 g/mol. The second-order valence-electron chi connectivity index (χ2n) is 5.97. The molecule has 0 N–H and O–H groups in total. The lowest BCUT2D eigenvalue weighted by Gasteiger charge is -2.08. The lowest BCUT2D eigenvalue weighted by atomic mass is 10.1. The van der Waals surface area contributed by atoms with E-state index in [1.807, 2.05) is 36.4 Å². The summed E-state index contributed by atoms with van der Waals surface area (Å²) in [7, 11) is 0. The van der Waals surface area contributed by atoms with E-state index in [1.165, 1.54) is 0 Å². The second-order valence-corrected chi connectivity index (χ2v) is 5.97. The number of allylic oxidation sites excluding steroid dienone is 1. The lowest BCUT2D eigenvalue weighted by Crippen LogP contribution is -2.12. The molecule has 0 radical (unpaired) electrons. The summed E-state index contributed by atoms with van der Waals surface area (Å²) in [6.45, 7) is 3.04. The Labute approximate surface area is 172 Å². The minimum Gasteiger partial charge on any atom is -0.491 e. The molecule has 0 bridgehead atoms. The van der Waals surface area contributed by atoms with Crippen LogP contribution in [0, 0.1) is 12.3 Å². The van der Waals surface area contributed by atoms with Crippen molar-refractivity contribution in [2.24, 2.45) is 0 Å². The van der Waals surface area contributed by atoms with Crippen LogP contribution in [0.5, 0.6) is 5.75 Å². The molecule has 0 saturated heterocycles. The summed E-state index contributed by atoms with van der Waals surface area (Å²) in [6.07, 6.45) is 8.43. The molecule has 0 amide bonds. The maximum Gasteiger partial charge on any atom is 0.185 e. The van der Waals surface area contributed by atoms with Crippen molar-refractivity contribution < 1.29 is 23.7 Å². The van der Waals surface area contributed by atoms with Crippen LogP contribution in [0.15, 0.2) is 60.7 Å². The van der Waals surface area contributed by atoms with Gasteiger partial charge in [-0.2, -0.15) is 0 Å². The summed E-state index contributed by atoms with van der Waals surface area (Å²) in [5, 5.41) is 0. The normalized spacial score (nSPS) is 10.7. The second kappa shape index (κ2) is 14.1. The molecule has 2 aromatic rings. The molecule has 2 aromatic carbocycles. The van der Waals surface area contributed by atoms with Crippen LogP contribution in [0.1, 0.15) is 15.9 Å². The molecule has 2 rings (SSSR count). The van der Waals surface area contributed by atoms with E-state index >= 15 is 0 Å². The van der Waals surface area contributed by atoms with Crippen molar-refractivity contribution in [3.63, 3.8) is 0 Å². The summed E-state index contributed by atoms with van der Waals surface area (Å²) in [4.78, 5) is 12.3. The molecule has 152 valence electrons. The Morgan fingerprint density at radius 3 is 2.28 bits per heavy atom. The monoisotopic (exact) mass is 394 g/mol. The fourth-order valence-electron chi connectivity index (χ4n) is 2.36. The average Bonchev–Trinajstić information content (AvgIpc) is 2.77. The van der Waals surface area contributed by atoms with Gasteiger partial charge in [-0.05, 0) is 23.8 Å². The number of ketones is 1. The van der Waals surface area contributed by atoms with Gasteiger partial charge in [0.1, 0.15) is 19.0 Å². The summed E-state index contributed by atoms with van der Waals surface area (Å²) < 4.78 is 21.5. The van der Waals surface area contributed by atoms with Crippen LogP contribution in [-0.2, 0) is 14.2 Å². The first kappa shape index (κ1) is 22.4. The van der Waals surface area contributed by atoms with Gasteiger partial charge >= 0.3 is 0 Å². The molecular formula is C24H26O5. The maximum atomic E-state index is 12.3. The number of hydrogen-bond acceptors (Lipinski definition) is 5. The van der Waals surface area contributed by atoms with Gasteiger partial charge in [0, 0.05) is 5.56 Å². The van der Waals surface area contributed by atoms with Crippen LogP contribution in [-0.4, -0.2) is 52.0 Å². The molecule has 0 saturated carbocycles. The van der Waals surface area contributed by atoms with Crippen molar-refractivity contribution >= 4 is 11.9 Å². The zero-order chi connectivity index (χ0) is 20.6. The number of benzene rings is 2. The van der Waals surface area contributed by atoms with Gasteiger partial charge in [0.15, 0.2) is 5.78 Å². The first-order chi connectivity index (χ1) is 14.3. The van der Waals surface area contributed by atoms with Crippen LogP contribution in [0.3, 0.4) is 0 Å². The standard InChI is InChI=1S/C24H26O5/c1-2-13-26-14-15-27-16-17-28-18-19-29-23-10-6-9-22(20-23)24(25)12-11-21-7-4-3-5-8-21/h1,3-12,20H,13-19H2. The number of carbonyl (C=O) groups is 1. The highest BCUT2D eigenvalue weighted by Crippen LogP contribution is 2.14. The van der Waals surface area contributed by atoms with Crippen molar-refractivity contribution in [3.8, 4) is 18.1 Å². The third-order valence-electron chi connectivity index (χ3n) is 3.77. The molecule has 0 spiro atoms. The van der Waals surface area contributed by atoms with Gasteiger partial charge in [-0.25, -0.2) is 0 Å². The molecule has 0 aliphatic rings. The number of ether oxygens (including phenoxy) is 4. The Balaban J connectivity index is 1.62. The van der Waals surface area contributed by atoms with Gasteiger partial charge in [-0.3, -0.25) is 4.79 Å². The SMILES string of the molecule is C#CCOCCOCCOCCOc1cccc(C(=O)C=Cc2ccccc2)c1. The number of rotatable bonds is 14. The van der Waals surface area contributed by atoms with E-state index in [9.17, 15) is 4.79 Å². The molecule has 0 aliphatic carbocycles. The quantitative estimate of drug-likeness (QED) is 0.212. The van der Waals surface area contributed by atoms with Gasteiger partial charge in [0.25, 0.3) is 0 Å². The van der Waals surface area contributed by atoms with E-state index in [0.717, 1.165) is 5.56 Å². The first-order valence-electron chi connectivity index (χ1n) is 9.46. The third kappa shape index (κ3) is 9.72. The molecule has 29 heavy (non-hydrogen) atoms. The zero-order valence-electron chi connectivity index (χ0n) is 16.4. The maximum absolute atomic E-state index is 12.3. The number of terminal acetylenes is 1. The van der Waals surface area contributed by atoms with E-state index in [0.29, 0.717) is 57.6 Å². The number of carbonyl (C=O) groups excluding carboxylic acids is 1. The molecule has 5 nitrogen and oxygen atoms in total. The molecule has 0 unspecified atom stereocenters. The molecule has 0 fully saturated rings. The van der Waals surface area contributed by atoms with Crippen molar-refractivity contribution in [2.75, 3.05) is 46.2 Å². The Hall–Kier alpha value is -2.91. The van der Waals surface area contributed by atoms with Crippen LogP contribution < -0.4 is 4.74 Å². The molecule has 0 heterocycles. The van der Waals surface area contributed by atoms with Gasteiger partial charge in [0.2, 0.25) is 0 Å². The molecule has 0 aromatic heterocycles. The van der Waals surface area contributed by atoms with E-state index in [4.69, 9.17) is 25.4 Å². The highest BCUT2D eigenvalue weighted by atomic mass is 16.6. The topological polar surface area (TPSA) is 54.0 Å². The van der Waals surface area contributed by atoms with Crippen LogP contribution in [0.4, 0.5) is 0 Å². The fourth-order valence-corrected chi connectivity index (χ4v) is 2.36. The van der Waals surface area contributed by atoms with E-state index in [1.54, 1.807) is 30.4 Å². The summed E-state index contributed by atoms with van der Waals surface area (Å²) >= 11 is 0. The van der Waals surface area contributed by atoms with Crippen molar-refractivity contribution in [1.29, 1.82) is 0 Å². The third-order valence-corrected chi connectivity index (χ3v) is 3.77. The largest absolute Gasteiger partial charge is 0.491 e. The highest BCUT2D eigenvalue weighted by molar-refractivity contribution is 6.07. The Morgan fingerprint density at radius 2 is 1.55 bits per heavy atom. The van der Waals surface area contributed by atoms with Gasteiger partial charge in [-0.1, -0.05) is 54.5 Å². The van der Waals surface area contributed by atoms with Gasteiger partial charge in [0.05, 0.1) is 33.0 Å². The van der Waals surface area contributed by atoms with Gasteiger partial charge in [-0.15, -0.1) is 6.42 Å². The van der Waals surface area contributed by atoms with Crippen molar-refractivity contribution in [1.82, 2.24) is 0 Å². The van der Waals surface area contributed by atoms with E-state index in [2.05, 4.69) is 5.92 Å². The van der Waals surface area contributed by atoms with Crippen LogP contribution >= 0.6 is 0 Å². The Kier molecular flexibility index (Phi) is 10.9. The summed E-state index contributed by atoms with van der Waals surface area (Å²) in [5.74, 6) is 2.95. The van der Waals surface area contributed by atoms with Crippen molar-refractivity contribution in [3.05, 3.63) is 71.8 Å². The first-order valence-corrected chi connectivity index (χ1v) is 9.46. The molecular weight excluding hydrogens is 368 g/mol. The number of hydrogen-bond donors (Lipinski definition) is 0. The predicted molar refractivity (Wildman–Crippen MR) is 113 cm³/mol. The zero-order valence-corrected chi connectivity index (χ0v) is 16.4. The van der Waals surface area contributed by atoms with E-state index < -0.39 is 0 Å². The van der Waals surface area contributed by atoms with Crippen LogP contribution in [0.2, 0.25) is 0 Å².